The summed E-state index contributed by atoms with van der Waals surface area (Å²) in [5, 5.41) is 0.726. The van der Waals surface area contributed by atoms with Crippen LogP contribution < -0.4 is 19.8 Å². The highest BCUT2D eigenvalue weighted by molar-refractivity contribution is 5.89. The molecule has 1 amide bonds. The summed E-state index contributed by atoms with van der Waals surface area (Å²) in [6.07, 6.45) is -0.517. The van der Waals surface area contributed by atoms with Crippen LogP contribution in [0.3, 0.4) is 0 Å². The highest BCUT2D eigenvalue weighted by Crippen LogP contribution is 2.36. The molecular formula is C21H21NO6. The zero-order valence-corrected chi connectivity index (χ0v) is 16.4. The third-order valence-corrected chi connectivity index (χ3v) is 4.39. The monoisotopic (exact) mass is 383 g/mol. The molecule has 2 aromatic carbocycles. The standard InChI is InChI=1S/C21H21NO6/c1-12-15-8-6-14(27-21(24)22(2)3)11-18(15)28-20(23)19(12)16-10-13(25-4)7-9-17(16)26-5/h6-11H,1-5H3. The van der Waals surface area contributed by atoms with Gasteiger partial charge in [0.25, 0.3) is 0 Å². The lowest BCUT2D eigenvalue weighted by Crippen LogP contribution is -2.25. The van der Waals surface area contributed by atoms with Crippen LogP contribution in [0.15, 0.2) is 45.6 Å². The largest absolute Gasteiger partial charge is 0.497 e. The molecule has 0 saturated carbocycles. The van der Waals surface area contributed by atoms with E-state index in [2.05, 4.69) is 0 Å². The third kappa shape index (κ3) is 3.51. The minimum Gasteiger partial charge on any atom is -0.497 e. The van der Waals surface area contributed by atoms with E-state index < -0.39 is 11.7 Å². The Balaban J connectivity index is 2.17. The van der Waals surface area contributed by atoms with Crippen LogP contribution >= 0.6 is 0 Å². The predicted molar refractivity (Wildman–Crippen MR) is 105 cm³/mol. The van der Waals surface area contributed by atoms with E-state index in [-0.39, 0.29) is 0 Å². The fourth-order valence-corrected chi connectivity index (χ4v) is 2.91. The maximum absolute atomic E-state index is 12.8. The first-order valence-electron chi connectivity index (χ1n) is 8.54. The van der Waals surface area contributed by atoms with Crippen molar-refractivity contribution in [1.29, 1.82) is 0 Å². The maximum Gasteiger partial charge on any atom is 0.414 e. The van der Waals surface area contributed by atoms with E-state index in [1.807, 2.05) is 6.92 Å². The summed E-state index contributed by atoms with van der Waals surface area (Å²) in [6, 6.07) is 10.2. The summed E-state index contributed by atoms with van der Waals surface area (Å²) >= 11 is 0. The first-order valence-corrected chi connectivity index (χ1v) is 8.54. The van der Waals surface area contributed by atoms with Crippen LogP contribution in [0.25, 0.3) is 22.1 Å². The van der Waals surface area contributed by atoms with Gasteiger partial charge < -0.3 is 23.5 Å². The van der Waals surface area contributed by atoms with Crippen molar-refractivity contribution in [1.82, 2.24) is 4.90 Å². The number of nitrogens with zero attached hydrogens (tertiary/aromatic N) is 1. The Morgan fingerprint density at radius 2 is 1.71 bits per heavy atom. The Morgan fingerprint density at radius 1 is 1.00 bits per heavy atom. The minimum absolute atomic E-state index is 0.292. The second-order valence-corrected chi connectivity index (χ2v) is 6.38. The van der Waals surface area contributed by atoms with Gasteiger partial charge in [0.05, 0.1) is 19.8 Å². The number of rotatable bonds is 4. The van der Waals surface area contributed by atoms with E-state index in [0.717, 1.165) is 10.9 Å². The second kappa shape index (κ2) is 7.64. The van der Waals surface area contributed by atoms with E-state index in [1.165, 1.54) is 18.1 Å². The molecule has 28 heavy (non-hydrogen) atoms. The predicted octanol–water partition coefficient (Wildman–Crippen LogP) is 3.85. The zero-order chi connectivity index (χ0) is 20.4. The van der Waals surface area contributed by atoms with Gasteiger partial charge in [-0.25, -0.2) is 9.59 Å². The molecule has 1 aromatic heterocycles. The zero-order valence-electron chi connectivity index (χ0n) is 16.4. The number of benzene rings is 2. The Bertz CT molecular complexity index is 1100. The number of ether oxygens (including phenoxy) is 3. The van der Waals surface area contributed by atoms with Gasteiger partial charge in [-0.1, -0.05) is 0 Å². The number of methoxy groups -OCH3 is 2. The van der Waals surface area contributed by atoms with Crippen LogP contribution in [-0.2, 0) is 0 Å². The molecule has 3 aromatic rings. The Labute approximate surface area is 162 Å². The van der Waals surface area contributed by atoms with Crippen molar-refractivity contribution >= 4 is 17.1 Å². The van der Waals surface area contributed by atoms with Crippen molar-refractivity contribution in [3.05, 3.63) is 52.4 Å². The Kier molecular flexibility index (Phi) is 5.26. The normalized spacial score (nSPS) is 10.6. The number of hydrogen-bond donors (Lipinski definition) is 0. The molecule has 7 heteroatoms. The van der Waals surface area contributed by atoms with E-state index >= 15 is 0 Å². The van der Waals surface area contributed by atoms with Gasteiger partial charge in [0.2, 0.25) is 0 Å². The average Bonchev–Trinajstić information content (AvgIpc) is 2.67. The molecule has 0 N–H and O–H groups in total. The molecule has 0 saturated heterocycles. The SMILES string of the molecule is COc1ccc(OC)c(-c2c(C)c3ccc(OC(=O)N(C)C)cc3oc2=O)c1. The van der Waals surface area contributed by atoms with Crippen LogP contribution in [0.5, 0.6) is 17.2 Å². The van der Waals surface area contributed by atoms with Crippen LogP contribution in [0, 0.1) is 6.92 Å². The maximum atomic E-state index is 12.8. The van der Waals surface area contributed by atoms with Gasteiger partial charge in [-0.2, -0.15) is 0 Å². The van der Waals surface area contributed by atoms with Gasteiger partial charge >= 0.3 is 11.7 Å². The van der Waals surface area contributed by atoms with E-state index in [9.17, 15) is 9.59 Å². The van der Waals surface area contributed by atoms with E-state index in [1.54, 1.807) is 51.5 Å². The van der Waals surface area contributed by atoms with Crippen molar-refractivity contribution in [2.24, 2.45) is 0 Å². The quantitative estimate of drug-likeness (QED) is 0.637. The van der Waals surface area contributed by atoms with Crippen LogP contribution in [0.1, 0.15) is 5.56 Å². The molecule has 3 rings (SSSR count). The van der Waals surface area contributed by atoms with Crippen molar-refractivity contribution in [3.8, 4) is 28.4 Å². The number of fused-ring (bicyclic) bond motifs is 1. The molecule has 0 aliphatic heterocycles. The molecule has 1 heterocycles. The van der Waals surface area contributed by atoms with Crippen molar-refractivity contribution in [2.45, 2.75) is 6.92 Å². The van der Waals surface area contributed by atoms with E-state index in [0.29, 0.717) is 34.0 Å². The minimum atomic E-state index is -0.521. The summed E-state index contributed by atoms with van der Waals surface area (Å²) in [6.45, 7) is 1.83. The lowest BCUT2D eigenvalue weighted by molar-refractivity contribution is 0.172. The van der Waals surface area contributed by atoms with Crippen LogP contribution in [0.4, 0.5) is 4.79 Å². The Hall–Kier alpha value is -3.48. The fraction of sp³-hybridized carbons (Fsp3) is 0.238. The van der Waals surface area contributed by atoms with Gasteiger partial charge in [-0.3, -0.25) is 0 Å². The number of carbonyl (C=O) groups excluding carboxylic acids is 1. The van der Waals surface area contributed by atoms with Gasteiger partial charge in [-0.05, 0) is 42.8 Å². The highest BCUT2D eigenvalue weighted by atomic mass is 16.6. The highest BCUT2D eigenvalue weighted by Gasteiger charge is 2.19. The fourth-order valence-electron chi connectivity index (χ4n) is 2.91. The topological polar surface area (TPSA) is 78.2 Å². The second-order valence-electron chi connectivity index (χ2n) is 6.38. The summed E-state index contributed by atoms with van der Waals surface area (Å²) in [7, 11) is 6.26. The summed E-state index contributed by atoms with van der Waals surface area (Å²) < 4.78 is 21.4. The molecule has 0 aliphatic rings. The average molecular weight is 383 g/mol. The first-order chi connectivity index (χ1) is 13.3. The van der Waals surface area contributed by atoms with Gasteiger partial charge in [-0.15, -0.1) is 0 Å². The lowest BCUT2D eigenvalue weighted by Gasteiger charge is -2.14. The number of carbonyl (C=O) groups is 1. The molecule has 0 unspecified atom stereocenters. The molecule has 7 nitrogen and oxygen atoms in total. The van der Waals surface area contributed by atoms with E-state index in [4.69, 9.17) is 18.6 Å². The molecule has 0 atom stereocenters. The molecule has 0 spiro atoms. The van der Waals surface area contributed by atoms with Gasteiger partial charge in [0, 0.05) is 31.1 Å². The summed E-state index contributed by atoms with van der Waals surface area (Å²) in [4.78, 5) is 25.8. The van der Waals surface area contributed by atoms with Crippen molar-refractivity contribution in [3.63, 3.8) is 0 Å². The first kappa shape index (κ1) is 19.3. The van der Waals surface area contributed by atoms with Crippen LogP contribution in [-0.4, -0.2) is 39.3 Å². The number of hydrogen-bond acceptors (Lipinski definition) is 6. The smallest absolute Gasteiger partial charge is 0.414 e. The molecule has 0 aliphatic carbocycles. The van der Waals surface area contributed by atoms with Gasteiger partial charge in [0.15, 0.2) is 0 Å². The van der Waals surface area contributed by atoms with Gasteiger partial charge in [0.1, 0.15) is 22.8 Å². The summed E-state index contributed by atoms with van der Waals surface area (Å²) in [5.41, 5.74) is 1.51. The lowest BCUT2D eigenvalue weighted by atomic mass is 9.98. The molecule has 0 radical (unpaired) electrons. The van der Waals surface area contributed by atoms with Crippen LogP contribution in [0.2, 0.25) is 0 Å². The van der Waals surface area contributed by atoms with Crippen molar-refractivity contribution in [2.75, 3.05) is 28.3 Å². The third-order valence-electron chi connectivity index (χ3n) is 4.39. The van der Waals surface area contributed by atoms with Crippen molar-refractivity contribution < 1.29 is 23.4 Å². The number of aryl methyl sites for hydroxylation is 1. The molecule has 0 bridgehead atoms. The molecular weight excluding hydrogens is 362 g/mol. The molecule has 146 valence electrons. The number of amides is 1. The Morgan fingerprint density at radius 3 is 2.36 bits per heavy atom. The molecule has 0 fully saturated rings. The summed E-state index contributed by atoms with van der Waals surface area (Å²) in [5.74, 6) is 1.42.